The zero-order valence-corrected chi connectivity index (χ0v) is 14.0. The van der Waals surface area contributed by atoms with E-state index in [9.17, 15) is 14.4 Å². The molecule has 1 unspecified atom stereocenters. The van der Waals surface area contributed by atoms with E-state index >= 15 is 0 Å². The number of imide groups is 1. The van der Waals surface area contributed by atoms with E-state index < -0.39 is 11.5 Å². The first-order valence-corrected chi connectivity index (χ1v) is 8.05. The first kappa shape index (κ1) is 15.7. The van der Waals surface area contributed by atoms with Crippen molar-refractivity contribution in [1.29, 1.82) is 0 Å². The SMILES string of the molecule is CC(C)c1ccc2c(c1)N(C1CCC(=O)NC1=O)C(=O)C2(C)C. The molecular weight excluding hydrogens is 292 g/mol. The van der Waals surface area contributed by atoms with Gasteiger partial charge in [-0.2, -0.15) is 0 Å². The molecule has 0 radical (unpaired) electrons. The van der Waals surface area contributed by atoms with Crippen molar-refractivity contribution in [3.63, 3.8) is 0 Å². The van der Waals surface area contributed by atoms with Crippen molar-refractivity contribution in [2.45, 2.75) is 57.9 Å². The van der Waals surface area contributed by atoms with Crippen LogP contribution in [0, 0.1) is 0 Å². The van der Waals surface area contributed by atoms with Crippen molar-refractivity contribution < 1.29 is 14.4 Å². The minimum absolute atomic E-state index is 0.0806. The van der Waals surface area contributed by atoms with Crippen LogP contribution in [0.25, 0.3) is 0 Å². The van der Waals surface area contributed by atoms with Gasteiger partial charge in [0, 0.05) is 12.1 Å². The molecule has 3 amide bonds. The molecule has 0 aliphatic carbocycles. The third-order valence-corrected chi connectivity index (χ3v) is 4.90. The summed E-state index contributed by atoms with van der Waals surface area (Å²) in [5.74, 6) is -0.396. The molecule has 0 spiro atoms. The first-order chi connectivity index (χ1) is 10.7. The van der Waals surface area contributed by atoms with Gasteiger partial charge in [0.2, 0.25) is 17.7 Å². The number of amides is 3. The van der Waals surface area contributed by atoms with Crippen LogP contribution < -0.4 is 10.2 Å². The van der Waals surface area contributed by atoms with E-state index in [0.717, 1.165) is 16.8 Å². The van der Waals surface area contributed by atoms with Crippen LogP contribution in [0.5, 0.6) is 0 Å². The number of nitrogens with zero attached hydrogens (tertiary/aromatic N) is 1. The van der Waals surface area contributed by atoms with Crippen LogP contribution in [0.3, 0.4) is 0 Å². The second-order valence-corrected chi connectivity index (χ2v) is 7.20. The van der Waals surface area contributed by atoms with Crippen molar-refractivity contribution in [3.8, 4) is 0 Å². The molecular formula is C18H22N2O3. The maximum Gasteiger partial charge on any atom is 0.249 e. The monoisotopic (exact) mass is 314 g/mol. The Morgan fingerprint density at radius 2 is 1.91 bits per heavy atom. The molecule has 3 rings (SSSR count). The quantitative estimate of drug-likeness (QED) is 0.851. The van der Waals surface area contributed by atoms with Crippen LogP contribution in [-0.2, 0) is 19.8 Å². The van der Waals surface area contributed by atoms with E-state index in [0.29, 0.717) is 12.3 Å². The average Bonchev–Trinajstić information content (AvgIpc) is 2.67. The second kappa shape index (κ2) is 5.18. The van der Waals surface area contributed by atoms with Gasteiger partial charge in [-0.3, -0.25) is 24.6 Å². The number of nitrogens with one attached hydrogen (secondary N) is 1. The van der Waals surface area contributed by atoms with Gasteiger partial charge in [0.25, 0.3) is 0 Å². The van der Waals surface area contributed by atoms with Gasteiger partial charge in [-0.15, -0.1) is 0 Å². The summed E-state index contributed by atoms with van der Waals surface area (Å²) in [6, 6.07) is 5.44. The van der Waals surface area contributed by atoms with E-state index in [1.807, 2.05) is 32.0 Å². The third kappa shape index (κ3) is 2.35. The molecule has 2 aliphatic heterocycles. The number of anilines is 1. The predicted molar refractivity (Wildman–Crippen MR) is 87.2 cm³/mol. The fraction of sp³-hybridized carbons (Fsp3) is 0.500. The van der Waals surface area contributed by atoms with Crippen LogP contribution in [0.2, 0.25) is 0 Å². The van der Waals surface area contributed by atoms with Crippen LogP contribution in [0.4, 0.5) is 5.69 Å². The molecule has 122 valence electrons. The Morgan fingerprint density at radius 3 is 2.52 bits per heavy atom. The normalized spacial score (nSPS) is 23.3. The van der Waals surface area contributed by atoms with Gasteiger partial charge >= 0.3 is 0 Å². The van der Waals surface area contributed by atoms with Crippen LogP contribution in [0.1, 0.15) is 57.6 Å². The van der Waals surface area contributed by atoms with Gasteiger partial charge in [-0.05, 0) is 43.4 Å². The summed E-state index contributed by atoms with van der Waals surface area (Å²) in [7, 11) is 0. The van der Waals surface area contributed by atoms with E-state index in [1.54, 1.807) is 4.90 Å². The fourth-order valence-electron chi connectivity index (χ4n) is 3.40. The van der Waals surface area contributed by atoms with E-state index in [-0.39, 0.29) is 24.1 Å². The summed E-state index contributed by atoms with van der Waals surface area (Å²) in [5.41, 5.74) is 2.22. The Hall–Kier alpha value is -2.17. The molecule has 1 atom stereocenters. The average molecular weight is 314 g/mol. The lowest BCUT2D eigenvalue weighted by Gasteiger charge is -2.31. The minimum Gasteiger partial charge on any atom is -0.299 e. The van der Waals surface area contributed by atoms with Gasteiger partial charge in [0.05, 0.1) is 5.41 Å². The largest absolute Gasteiger partial charge is 0.299 e. The number of carbonyl (C=O) groups excluding carboxylic acids is 3. The number of fused-ring (bicyclic) bond motifs is 1. The Bertz CT molecular complexity index is 706. The van der Waals surface area contributed by atoms with Crippen molar-refractivity contribution >= 4 is 23.4 Å². The van der Waals surface area contributed by atoms with Crippen molar-refractivity contribution in [2.75, 3.05) is 4.90 Å². The number of hydrogen-bond donors (Lipinski definition) is 1. The summed E-state index contributed by atoms with van der Waals surface area (Å²) < 4.78 is 0. The van der Waals surface area contributed by atoms with Gasteiger partial charge in [-0.25, -0.2) is 0 Å². The summed E-state index contributed by atoms with van der Waals surface area (Å²) in [4.78, 5) is 38.2. The highest BCUT2D eigenvalue weighted by Gasteiger charge is 2.49. The lowest BCUT2D eigenvalue weighted by Crippen LogP contribution is -2.55. The summed E-state index contributed by atoms with van der Waals surface area (Å²) in [6.45, 7) is 7.96. The zero-order chi connectivity index (χ0) is 16.9. The van der Waals surface area contributed by atoms with Crippen molar-refractivity contribution in [1.82, 2.24) is 5.32 Å². The second-order valence-electron chi connectivity index (χ2n) is 7.20. The van der Waals surface area contributed by atoms with Gasteiger partial charge in [0.1, 0.15) is 6.04 Å². The number of piperidine rings is 1. The molecule has 1 aromatic carbocycles. The maximum absolute atomic E-state index is 13.0. The fourth-order valence-corrected chi connectivity index (χ4v) is 3.40. The molecule has 1 aromatic rings. The van der Waals surface area contributed by atoms with Crippen molar-refractivity contribution in [3.05, 3.63) is 29.3 Å². The van der Waals surface area contributed by atoms with Crippen LogP contribution >= 0.6 is 0 Å². The van der Waals surface area contributed by atoms with Gasteiger partial charge in [0.15, 0.2) is 0 Å². The molecule has 1 fully saturated rings. The number of hydrogen-bond acceptors (Lipinski definition) is 3. The molecule has 0 bridgehead atoms. The van der Waals surface area contributed by atoms with Crippen molar-refractivity contribution in [2.24, 2.45) is 0 Å². The van der Waals surface area contributed by atoms with E-state index in [2.05, 4.69) is 19.2 Å². The maximum atomic E-state index is 13.0. The Labute approximate surface area is 136 Å². The highest BCUT2D eigenvalue weighted by Crippen LogP contribution is 2.44. The molecule has 1 saturated heterocycles. The van der Waals surface area contributed by atoms with E-state index in [1.165, 1.54) is 0 Å². The summed E-state index contributed by atoms with van der Waals surface area (Å²) in [6.07, 6.45) is 0.637. The molecule has 1 N–H and O–H groups in total. The predicted octanol–water partition coefficient (Wildman–Crippen LogP) is 2.24. The highest BCUT2D eigenvalue weighted by molar-refractivity contribution is 6.13. The topological polar surface area (TPSA) is 66.5 Å². The lowest BCUT2D eigenvalue weighted by molar-refractivity contribution is -0.136. The first-order valence-electron chi connectivity index (χ1n) is 8.05. The number of benzene rings is 1. The molecule has 5 nitrogen and oxygen atoms in total. The van der Waals surface area contributed by atoms with Gasteiger partial charge < -0.3 is 0 Å². The van der Waals surface area contributed by atoms with Gasteiger partial charge in [-0.1, -0.05) is 26.0 Å². The molecule has 0 aromatic heterocycles. The molecule has 0 saturated carbocycles. The molecule has 2 heterocycles. The van der Waals surface area contributed by atoms with E-state index in [4.69, 9.17) is 0 Å². The number of rotatable bonds is 2. The molecule has 23 heavy (non-hydrogen) atoms. The third-order valence-electron chi connectivity index (χ3n) is 4.90. The highest BCUT2D eigenvalue weighted by atomic mass is 16.2. The van der Waals surface area contributed by atoms with Crippen LogP contribution in [-0.4, -0.2) is 23.8 Å². The molecule has 5 heteroatoms. The lowest BCUT2D eigenvalue weighted by atomic mass is 9.85. The summed E-state index contributed by atoms with van der Waals surface area (Å²) in [5, 5.41) is 2.35. The summed E-state index contributed by atoms with van der Waals surface area (Å²) >= 11 is 0. The number of carbonyl (C=O) groups is 3. The van der Waals surface area contributed by atoms with Crippen LogP contribution in [0.15, 0.2) is 18.2 Å². The Kier molecular flexibility index (Phi) is 3.54. The molecule has 2 aliphatic rings. The smallest absolute Gasteiger partial charge is 0.249 e. The Balaban J connectivity index is 2.09. The standard InChI is InChI=1S/C18H22N2O3/c1-10(2)11-5-6-12-14(9-11)20(17(23)18(12,3)4)13-7-8-15(21)19-16(13)22/h5-6,9-10,13H,7-8H2,1-4H3,(H,19,21,22). The Morgan fingerprint density at radius 1 is 1.22 bits per heavy atom. The zero-order valence-electron chi connectivity index (χ0n) is 14.0. The minimum atomic E-state index is -0.660.